The molecule has 0 radical (unpaired) electrons. The number of sulfonamides is 1. The summed E-state index contributed by atoms with van der Waals surface area (Å²) in [5, 5.41) is 0.229. The first-order valence-corrected chi connectivity index (χ1v) is 12.2. The van der Waals surface area contributed by atoms with Crippen molar-refractivity contribution >= 4 is 38.3 Å². The summed E-state index contributed by atoms with van der Waals surface area (Å²) in [7, 11) is -3.58. The van der Waals surface area contributed by atoms with Crippen molar-refractivity contribution in [1.29, 1.82) is 0 Å². The second kappa shape index (κ2) is 9.44. The quantitative estimate of drug-likeness (QED) is 0.445. The van der Waals surface area contributed by atoms with Gasteiger partial charge in [-0.05, 0) is 43.7 Å². The van der Waals surface area contributed by atoms with E-state index in [4.69, 9.17) is 11.6 Å². The van der Waals surface area contributed by atoms with Crippen molar-refractivity contribution in [2.24, 2.45) is 0 Å². The Hall–Kier alpha value is -2.33. The highest BCUT2D eigenvalue weighted by Crippen LogP contribution is 2.24. The van der Waals surface area contributed by atoms with E-state index in [1.165, 1.54) is 6.07 Å². The number of nitrogens with zero attached hydrogens (tertiary/aromatic N) is 2. The average Bonchev–Trinajstić information content (AvgIpc) is 3.14. The van der Waals surface area contributed by atoms with Crippen LogP contribution in [-0.2, 0) is 10.0 Å². The van der Waals surface area contributed by atoms with Crippen LogP contribution in [0.4, 0.5) is 5.69 Å². The standard InChI is InChI=1S/C21H26ClN5O3S/c22-16-6-1-2-9-19(16)31(29,30)23-10-3-4-11-26-12-14-27(15-13-26)18-8-5-7-17-20(18)25-21(28)24-17/h1-2,5-9,23H,3-4,10-15H2,(H2,24,25,28). The number of rotatable bonds is 8. The van der Waals surface area contributed by atoms with E-state index in [1.54, 1.807) is 18.2 Å². The first-order valence-electron chi connectivity index (χ1n) is 10.4. The van der Waals surface area contributed by atoms with Crippen LogP contribution in [0.3, 0.4) is 0 Å². The molecule has 0 bridgehead atoms. The van der Waals surface area contributed by atoms with Gasteiger partial charge < -0.3 is 14.9 Å². The lowest BCUT2D eigenvalue weighted by Gasteiger charge is -2.36. The molecule has 8 nitrogen and oxygen atoms in total. The molecule has 2 heterocycles. The fourth-order valence-electron chi connectivity index (χ4n) is 3.93. The summed E-state index contributed by atoms with van der Waals surface area (Å²) in [4.78, 5) is 22.1. The molecule has 0 saturated carbocycles. The number of anilines is 1. The minimum atomic E-state index is -3.58. The van der Waals surface area contributed by atoms with Gasteiger partial charge in [0.15, 0.2) is 0 Å². The highest BCUT2D eigenvalue weighted by molar-refractivity contribution is 7.89. The minimum Gasteiger partial charge on any atom is -0.367 e. The Labute approximate surface area is 186 Å². The highest BCUT2D eigenvalue weighted by Gasteiger charge is 2.20. The average molecular weight is 464 g/mol. The van der Waals surface area contributed by atoms with E-state index in [2.05, 4.69) is 24.5 Å². The summed E-state index contributed by atoms with van der Waals surface area (Å²) >= 11 is 5.99. The molecule has 0 spiro atoms. The number of unbranched alkanes of at least 4 members (excludes halogenated alkanes) is 1. The van der Waals surface area contributed by atoms with Crippen molar-refractivity contribution < 1.29 is 8.42 Å². The van der Waals surface area contributed by atoms with Gasteiger partial charge in [-0.2, -0.15) is 0 Å². The largest absolute Gasteiger partial charge is 0.367 e. The normalized spacial score (nSPS) is 15.6. The highest BCUT2D eigenvalue weighted by atomic mass is 35.5. The summed E-state index contributed by atoms with van der Waals surface area (Å²) in [5.74, 6) is 0. The zero-order valence-electron chi connectivity index (χ0n) is 17.1. The van der Waals surface area contributed by atoms with Crippen LogP contribution in [-0.4, -0.2) is 62.6 Å². The van der Waals surface area contributed by atoms with Gasteiger partial charge in [0.05, 0.1) is 21.7 Å². The van der Waals surface area contributed by atoms with Crippen LogP contribution in [0.1, 0.15) is 12.8 Å². The number of aromatic nitrogens is 2. The molecule has 0 unspecified atom stereocenters. The van der Waals surface area contributed by atoms with Gasteiger partial charge in [0.2, 0.25) is 10.0 Å². The topological polar surface area (TPSA) is 101 Å². The molecule has 10 heteroatoms. The Bertz CT molecular complexity index is 1200. The minimum absolute atomic E-state index is 0.117. The molecule has 1 aliphatic heterocycles. The zero-order valence-corrected chi connectivity index (χ0v) is 18.7. The van der Waals surface area contributed by atoms with E-state index in [0.29, 0.717) is 6.54 Å². The number of hydrogen-bond acceptors (Lipinski definition) is 5. The van der Waals surface area contributed by atoms with Crippen molar-refractivity contribution in [3.05, 3.63) is 58.0 Å². The molecule has 3 N–H and O–H groups in total. The Morgan fingerprint density at radius 1 is 0.968 bits per heavy atom. The number of hydrogen-bond donors (Lipinski definition) is 3. The van der Waals surface area contributed by atoms with Crippen molar-refractivity contribution in [1.82, 2.24) is 19.6 Å². The molecule has 0 aliphatic carbocycles. The lowest BCUT2D eigenvalue weighted by atomic mass is 10.2. The molecule has 0 amide bonds. The second-order valence-electron chi connectivity index (χ2n) is 7.64. The number of benzene rings is 2. The summed E-state index contributed by atoms with van der Waals surface area (Å²) in [5.41, 5.74) is 2.53. The van der Waals surface area contributed by atoms with Crippen LogP contribution in [0.5, 0.6) is 0 Å². The molecule has 1 aliphatic rings. The molecule has 3 aromatic rings. The molecule has 0 atom stereocenters. The predicted octanol–water partition coefficient (Wildman–Crippen LogP) is 2.39. The first kappa shape index (κ1) is 21.9. The van der Waals surface area contributed by atoms with Gasteiger partial charge in [0.1, 0.15) is 4.90 Å². The lowest BCUT2D eigenvalue weighted by molar-refractivity contribution is 0.253. The number of H-pyrrole nitrogens is 2. The third kappa shape index (κ3) is 5.12. The molecule has 4 rings (SSSR count). The van der Waals surface area contributed by atoms with E-state index >= 15 is 0 Å². The van der Waals surface area contributed by atoms with E-state index in [9.17, 15) is 13.2 Å². The van der Waals surface area contributed by atoms with E-state index in [-0.39, 0.29) is 15.6 Å². The van der Waals surface area contributed by atoms with Crippen molar-refractivity contribution in [3.63, 3.8) is 0 Å². The number of aromatic amines is 2. The number of piperazine rings is 1. The number of imidazole rings is 1. The lowest BCUT2D eigenvalue weighted by Crippen LogP contribution is -2.46. The van der Waals surface area contributed by atoms with Gasteiger partial charge in [0, 0.05) is 32.7 Å². The van der Waals surface area contributed by atoms with Crippen LogP contribution < -0.4 is 15.3 Å². The monoisotopic (exact) mass is 463 g/mol. The van der Waals surface area contributed by atoms with Crippen molar-refractivity contribution in [2.45, 2.75) is 17.7 Å². The zero-order chi connectivity index (χ0) is 21.8. The van der Waals surface area contributed by atoms with Gasteiger partial charge in [-0.25, -0.2) is 17.9 Å². The van der Waals surface area contributed by atoms with Gasteiger partial charge in [0.25, 0.3) is 0 Å². The maximum atomic E-state index is 12.3. The number of fused-ring (bicyclic) bond motifs is 1. The van der Waals surface area contributed by atoms with Gasteiger partial charge in [-0.15, -0.1) is 0 Å². The van der Waals surface area contributed by atoms with E-state index in [1.807, 2.05) is 18.2 Å². The van der Waals surface area contributed by atoms with Crippen LogP contribution in [0.25, 0.3) is 11.0 Å². The Kier molecular flexibility index (Phi) is 6.66. The van der Waals surface area contributed by atoms with Crippen LogP contribution in [0.15, 0.2) is 52.2 Å². The third-order valence-electron chi connectivity index (χ3n) is 5.56. The molecule has 31 heavy (non-hydrogen) atoms. The summed E-state index contributed by atoms with van der Waals surface area (Å²) in [6.07, 6.45) is 1.67. The Morgan fingerprint density at radius 2 is 1.74 bits per heavy atom. The van der Waals surface area contributed by atoms with Gasteiger partial charge in [-0.3, -0.25) is 4.90 Å². The smallest absolute Gasteiger partial charge is 0.323 e. The number of para-hydroxylation sites is 1. The molecule has 1 saturated heterocycles. The molecular weight excluding hydrogens is 438 g/mol. The van der Waals surface area contributed by atoms with E-state index in [0.717, 1.165) is 62.3 Å². The fourth-order valence-corrected chi connectivity index (χ4v) is 5.52. The van der Waals surface area contributed by atoms with Crippen molar-refractivity contribution in [2.75, 3.05) is 44.2 Å². The van der Waals surface area contributed by atoms with Crippen LogP contribution in [0, 0.1) is 0 Å². The molecule has 166 valence electrons. The fraction of sp³-hybridized carbons (Fsp3) is 0.381. The maximum Gasteiger partial charge on any atom is 0.323 e. The van der Waals surface area contributed by atoms with Crippen LogP contribution >= 0.6 is 11.6 Å². The maximum absolute atomic E-state index is 12.3. The SMILES string of the molecule is O=c1[nH]c2cccc(N3CCN(CCCCNS(=O)(=O)c4ccccc4Cl)CC3)c2[nH]1. The van der Waals surface area contributed by atoms with Gasteiger partial charge in [-0.1, -0.05) is 29.8 Å². The van der Waals surface area contributed by atoms with Crippen molar-refractivity contribution in [3.8, 4) is 0 Å². The third-order valence-corrected chi connectivity index (χ3v) is 7.52. The first-order chi connectivity index (χ1) is 14.9. The second-order valence-corrected chi connectivity index (χ2v) is 9.79. The van der Waals surface area contributed by atoms with E-state index < -0.39 is 10.0 Å². The molecule has 1 fully saturated rings. The summed E-state index contributed by atoms with van der Waals surface area (Å²) in [6, 6.07) is 12.3. The number of nitrogens with one attached hydrogen (secondary N) is 3. The molecule has 1 aromatic heterocycles. The predicted molar refractivity (Wildman–Crippen MR) is 123 cm³/mol. The van der Waals surface area contributed by atoms with Crippen LogP contribution in [0.2, 0.25) is 5.02 Å². The summed E-state index contributed by atoms with van der Waals surface area (Å²) in [6.45, 7) is 4.92. The molecular formula is C21H26ClN5O3S. The van der Waals surface area contributed by atoms with Gasteiger partial charge >= 0.3 is 5.69 Å². The Morgan fingerprint density at radius 3 is 2.52 bits per heavy atom. The molecule has 2 aromatic carbocycles. The number of halogens is 1. The Balaban J connectivity index is 1.21. The summed E-state index contributed by atoms with van der Waals surface area (Å²) < 4.78 is 27.3.